The first-order valence-corrected chi connectivity index (χ1v) is 5.85. The summed E-state index contributed by atoms with van der Waals surface area (Å²) < 4.78 is 5.31. The van der Waals surface area contributed by atoms with E-state index in [1.165, 1.54) is 7.11 Å². The highest BCUT2D eigenvalue weighted by Gasteiger charge is 2.48. The Balaban J connectivity index is 2.51. The van der Waals surface area contributed by atoms with Crippen molar-refractivity contribution in [2.45, 2.75) is 18.4 Å². The average molecular weight is 238 g/mol. The van der Waals surface area contributed by atoms with Gasteiger partial charge in [-0.05, 0) is 12.0 Å². The van der Waals surface area contributed by atoms with E-state index in [-0.39, 0.29) is 5.92 Å². The summed E-state index contributed by atoms with van der Waals surface area (Å²) >= 11 is 0. The molecule has 3 nitrogen and oxygen atoms in total. The second-order valence-corrected chi connectivity index (χ2v) is 4.38. The summed E-state index contributed by atoms with van der Waals surface area (Å²) in [6.45, 7) is 0. The van der Waals surface area contributed by atoms with Crippen molar-refractivity contribution in [3.8, 4) is 12.1 Å². The van der Waals surface area contributed by atoms with Gasteiger partial charge in [-0.3, -0.25) is 0 Å². The van der Waals surface area contributed by atoms with E-state index in [0.717, 1.165) is 5.56 Å². The van der Waals surface area contributed by atoms with E-state index in [2.05, 4.69) is 12.1 Å². The van der Waals surface area contributed by atoms with Gasteiger partial charge in [0.2, 0.25) is 0 Å². The Kier molecular flexibility index (Phi) is 3.46. The lowest BCUT2D eigenvalue weighted by atomic mass is 9.66. The molecule has 1 aliphatic carbocycles. The Hall–Kier alpha value is -2.10. The number of benzene rings is 1. The van der Waals surface area contributed by atoms with Gasteiger partial charge in [0.15, 0.2) is 5.41 Å². The van der Waals surface area contributed by atoms with Crippen LogP contribution < -0.4 is 0 Å². The van der Waals surface area contributed by atoms with Crippen LogP contribution in [0, 0.1) is 28.1 Å². The van der Waals surface area contributed by atoms with Crippen molar-refractivity contribution in [1.29, 1.82) is 10.5 Å². The van der Waals surface area contributed by atoms with Crippen molar-refractivity contribution in [3.63, 3.8) is 0 Å². The quantitative estimate of drug-likeness (QED) is 0.744. The van der Waals surface area contributed by atoms with Gasteiger partial charge in [-0.15, -0.1) is 0 Å². The van der Waals surface area contributed by atoms with E-state index in [9.17, 15) is 10.5 Å². The number of methoxy groups -OCH3 is 1. The molecule has 1 aromatic carbocycles. The molecule has 0 spiro atoms. The minimum atomic E-state index is -1.15. The third-order valence-corrected chi connectivity index (χ3v) is 3.51. The van der Waals surface area contributed by atoms with Crippen LogP contribution in [0.1, 0.15) is 17.9 Å². The molecule has 0 aromatic heterocycles. The standard InChI is InChI=1S/C15H14N2O/c1-18-14-9-5-8-13(15(14,10-16)11-17)12-6-3-2-4-7-12/h2-7,9,13-14H,8H2,1H3/t13-,14-/m1/s1. The zero-order chi connectivity index (χ0) is 13.0. The molecule has 0 aliphatic heterocycles. The highest BCUT2D eigenvalue weighted by molar-refractivity contribution is 5.37. The number of nitrogens with zero attached hydrogens (tertiary/aromatic N) is 2. The summed E-state index contributed by atoms with van der Waals surface area (Å²) in [6, 6.07) is 14.1. The van der Waals surface area contributed by atoms with Crippen LogP contribution in [-0.4, -0.2) is 13.2 Å². The Morgan fingerprint density at radius 1 is 1.22 bits per heavy atom. The first-order chi connectivity index (χ1) is 8.78. The molecule has 0 saturated carbocycles. The summed E-state index contributed by atoms with van der Waals surface area (Å²) in [5, 5.41) is 19.0. The minimum absolute atomic E-state index is 0.149. The molecule has 2 rings (SSSR count). The SMILES string of the molecule is CO[C@@H]1C=CC[C@H](c2ccccc2)C1(C#N)C#N. The number of nitriles is 2. The van der Waals surface area contributed by atoms with Crippen LogP contribution in [0.5, 0.6) is 0 Å². The second-order valence-electron chi connectivity index (χ2n) is 4.38. The van der Waals surface area contributed by atoms with Gasteiger partial charge in [0.05, 0.1) is 12.1 Å². The number of rotatable bonds is 2. The molecule has 2 atom stereocenters. The fraction of sp³-hybridized carbons (Fsp3) is 0.333. The number of ether oxygens (including phenoxy) is 1. The molecule has 0 heterocycles. The molecule has 0 bridgehead atoms. The molecule has 0 unspecified atom stereocenters. The number of hydrogen-bond acceptors (Lipinski definition) is 3. The Bertz CT molecular complexity index is 508. The van der Waals surface area contributed by atoms with Crippen LogP contribution in [-0.2, 0) is 4.74 Å². The normalized spacial score (nSPS) is 25.1. The second kappa shape index (κ2) is 5.04. The molecule has 18 heavy (non-hydrogen) atoms. The largest absolute Gasteiger partial charge is 0.375 e. The molecule has 1 aliphatic rings. The molecular weight excluding hydrogens is 224 g/mol. The van der Waals surface area contributed by atoms with Gasteiger partial charge in [0.1, 0.15) is 6.10 Å². The Morgan fingerprint density at radius 2 is 1.89 bits per heavy atom. The van der Waals surface area contributed by atoms with Crippen LogP contribution in [0.15, 0.2) is 42.5 Å². The lowest BCUT2D eigenvalue weighted by Gasteiger charge is -2.36. The fourth-order valence-electron chi connectivity index (χ4n) is 2.53. The van der Waals surface area contributed by atoms with Crippen LogP contribution in [0.25, 0.3) is 0 Å². The third kappa shape index (κ3) is 1.79. The average Bonchev–Trinajstić information content (AvgIpc) is 2.47. The van der Waals surface area contributed by atoms with Crippen molar-refractivity contribution < 1.29 is 4.74 Å². The van der Waals surface area contributed by atoms with Crippen LogP contribution in [0.4, 0.5) is 0 Å². The maximum absolute atomic E-state index is 9.49. The minimum Gasteiger partial charge on any atom is -0.375 e. The lowest BCUT2D eigenvalue weighted by molar-refractivity contribution is 0.0617. The number of allylic oxidation sites excluding steroid dienone is 1. The first kappa shape index (κ1) is 12.4. The molecular formula is C15H14N2O. The molecule has 0 fully saturated rings. The molecule has 0 saturated heterocycles. The topological polar surface area (TPSA) is 56.8 Å². The van der Waals surface area contributed by atoms with Gasteiger partial charge in [0, 0.05) is 13.0 Å². The predicted octanol–water partition coefficient (Wildman–Crippen LogP) is 2.78. The highest BCUT2D eigenvalue weighted by Crippen LogP contribution is 2.45. The predicted molar refractivity (Wildman–Crippen MR) is 67.4 cm³/mol. The van der Waals surface area contributed by atoms with Gasteiger partial charge in [0.25, 0.3) is 0 Å². The van der Waals surface area contributed by atoms with E-state index in [1.807, 2.05) is 42.5 Å². The molecule has 90 valence electrons. The molecule has 0 amide bonds. The van der Waals surface area contributed by atoms with Crippen molar-refractivity contribution in [1.82, 2.24) is 0 Å². The summed E-state index contributed by atoms with van der Waals surface area (Å²) in [7, 11) is 1.53. The van der Waals surface area contributed by atoms with Crippen LogP contribution >= 0.6 is 0 Å². The fourth-order valence-corrected chi connectivity index (χ4v) is 2.53. The van der Waals surface area contributed by atoms with Gasteiger partial charge in [-0.1, -0.05) is 42.5 Å². The zero-order valence-corrected chi connectivity index (χ0v) is 10.2. The van der Waals surface area contributed by atoms with E-state index in [4.69, 9.17) is 4.74 Å². The zero-order valence-electron chi connectivity index (χ0n) is 10.2. The van der Waals surface area contributed by atoms with E-state index >= 15 is 0 Å². The van der Waals surface area contributed by atoms with Gasteiger partial charge in [-0.2, -0.15) is 10.5 Å². The lowest BCUT2D eigenvalue weighted by Crippen LogP contribution is -2.40. The van der Waals surface area contributed by atoms with Gasteiger partial charge in [-0.25, -0.2) is 0 Å². The van der Waals surface area contributed by atoms with Crippen LogP contribution in [0.3, 0.4) is 0 Å². The van der Waals surface area contributed by atoms with E-state index < -0.39 is 11.5 Å². The summed E-state index contributed by atoms with van der Waals surface area (Å²) in [5.74, 6) is -0.149. The molecule has 0 N–H and O–H groups in total. The molecule has 1 aromatic rings. The van der Waals surface area contributed by atoms with Gasteiger partial charge < -0.3 is 4.74 Å². The third-order valence-electron chi connectivity index (χ3n) is 3.51. The smallest absolute Gasteiger partial charge is 0.180 e. The first-order valence-electron chi connectivity index (χ1n) is 5.85. The maximum atomic E-state index is 9.49. The Morgan fingerprint density at radius 3 is 2.44 bits per heavy atom. The van der Waals surface area contributed by atoms with Gasteiger partial charge >= 0.3 is 0 Å². The van der Waals surface area contributed by atoms with E-state index in [0.29, 0.717) is 6.42 Å². The summed E-state index contributed by atoms with van der Waals surface area (Å²) in [4.78, 5) is 0. The van der Waals surface area contributed by atoms with Crippen molar-refractivity contribution in [3.05, 3.63) is 48.0 Å². The van der Waals surface area contributed by atoms with Crippen LogP contribution in [0.2, 0.25) is 0 Å². The van der Waals surface area contributed by atoms with Crippen molar-refractivity contribution in [2.24, 2.45) is 5.41 Å². The van der Waals surface area contributed by atoms with E-state index in [1.54, 1.807) is 0 Å². The Labute approximate surface area is 107 Å². The van der Waals surface area contributed by atoms with Crippen molar-refractivity contribution in [2.75, 3.05) is 7.11 Å². The summed E-state index contributed by atoms with van der Waals surface area (Å²) in [6.07, 6.45) is 4.00. The summed E-state index contributed by atoms with van der Waals surface area (Å²) in [5.41, 5.74) is -0.141. The monoisotopic (exact) mass is 238 g/mol. The van der Waals surface area contributed by atoms with Crippen molar-refractivity contribution >= 4 is 0 Å². The highest BCUT2D eigenvalue weighted by atomic mass is 16.5. The molecule has 3 heteroatoms. The maximum Gasteiger partial charge on any atom is 0.180 e. The number of hydrogen-bond donors (Lipinski definition) is 0. The molecule has 0 radical (unpaired) electrons.